The van der Waals surface area contributed by atoms with Gasteiger partial charge in [0.25, 0.3) is 0 Å². The molecule has 0 unspecified atom stereocenters. The number of ether oxygens (including phenoxy) is 3. The van der Waals surface area contributed by atoms with E-state index in [2.05, 4.69) is 9.47 Å². The number of nitrogens with zero attached hydrogens (tertiary/aromatic N) is 2. The van der Waals surface area contributed by atoms with Crippen molar-refractivity contribution >= 4 is 0 Å². The highest BCUT2D eigenvalue weighted by Crippen LogP contribution is 2.46. The van der Waals surface area contributed by atoms with Crippen LogP contribution in [0.15, 0.2) is 54.7 Å². The van der Waals surface area contributed by atoms with E-state index in [0.717, 1.165) is 30.3 Å². The van der Waals surface area contributed by atoms with Crippen LogP contribution in [0.25, 0.3) is 0 Å². The Labute approximate surface area is 191 Å². The average molecular weight is 460 g/mol. The second kappa shape index (κ2) is 9.39. The van der Waals surface area contributed by atoms with E-state index in [1.54, 1.807) is 32.4 Å². The first-order chi connectivity index (χ1) is 15.9. The Bertz CT molecular complexity index is 1110. The summed E-state index contributed by atoms with van der Waals surface area (Å²) in [6, 6.07) is 13.1. The molecule has 0 saturated carbocycles. The summed E-state index contributed by atoms with van der Waals surface area (Å²) in [4.78, 5) is 2.08. The van der Waals surface area contributed by atoms with Crippen molar-refractivity contribution in [3.63, 3.8) is 0 Å². The fraction of sp³-hybridized carbons (Fsp3) is 0.360. The van der Waals surface area contributed by atoms with Crippen LogP contribution in [0.5, 0.6) is 17.2 Å². The monoisotopic (exact) mass is 460 g/mol. The Morgan fingerprint density at radius 3 is 2.33 bits per heavy atom. The van der Waals surface area contributed by atoms with Crippen LogP contribution in [-0.4, -0.2) is 37.3 Å². The smallest absolute Gasteiger partial charge is 0.416 e. The second-order valence-electron chi connectivity index (χ2n) is 7.93. The molecular weight excluding hydrogens is 433 g/mol. The molecule has 1 aliphatic rings. The number of fused-ring (bicyclic) bond motifs is 1. The Hall–Kier alpha value is -3.13. The molecule has 0 amide bonds. The maximum atomic E-state index is 13.7. The zero-order chi connectivity index (χ0) is 23.6. The first kappa shape index (κ1) is 23.0. The number of benzene rings is 2. The summed E-state index contributed by atoms with van der Waals surface area (Å²) in [5, 5.41) is 0. The Morgan fingerprint density at radius 1 is 0.879 bits per heavy atom. The van der Waals surface area contributed by atoms with Crippen molar-refractivity contribution in [1.29, 1.82) is 0 Å². The summed E-state index contributed by atoms with van der Waals surface area (Å²) in [7, 11) is 4.64. The van der Waals surface area contributed by atoms with E-state index in [-0.39, 0.29) is 18.2 Å². The van der Waals surface area contributed by atoms with E-state index in [9.17, 15) is 13.2 Å². The van der Waals surface area contributed by atoms with E-state index in [0.29, 0.717) is 23.8 Å². The van der Waals surface area contributed by atoms with Crippen molar-refractivity contribution in [2.45, 2.75) is 31.7 Å². The summed E-state index contributed by atoms with van der Waals surface area (Å²) >= 11 is 0. The zero-order valence-corrected chi connectivity index (χ0v) is 18.9. The number of aryl methyl sites for hydroxylation is 1. The number of methoxy groups -OCH3 is 3. The van der Waals surface area contributed by atoms with Crippen LogP contribution in [0, 0.1) is 0 Å². The minimum absolute atomic E-state index is 0.142. The molecule has 0 radical (unpaired) electrons. The molecule has 0 bridgehead atoms. The van der Waals surface area contributed by atoms with Crippen LogP contribution < -0.4 is 14.2 Å². The maximum Gasteiger partial charge on any atom is 0.416 e. The maximum absolute atomic E-state index is 13.7. The molecule has 8 heteroatoms. The van der Waals surface area contributed by atoms with Gasteiger partial charge < -0.3 is 18.8 Å². The van der Waals surface area contributed by atoms with Crippen molar-refractivity contribution in [2.24, 2.45) is 0 Å². The molecule has 33 heavy (non-hydrogen) atoms. The fourth-order valence-electron chi connectivity index (χ4n) is 4.66. The van der Waals surface area contributed by atoms with Crippen molar-refractivity contribution in [3.8, 4) is 17.2 Å². The van der Waals surface area contributed by atoms with Gasteiger partial charge >= 0.3 is 6.18 Å². The van der Waals surface area contributed by atoms with Gasteiger partial charge in [0.2, 0.25) is 5.75 Å². The highest BCUT2D eigenvalue weighted by atomic mass is 19.4. The average Bonchev–Trinajstić information content (AvgIpc) is 3.19. The number of hydrogen-bond acceptors (Lipinski definition) is 4. The van der Waals surface area contributed by atoms with Crippen LogP contribution in [-0.2, 0) is 19.3 Å². The minimum atomic E-state index is -4.42. The lowest BCUT2D eigenvalue weighted by molar-refractivity contribution is -0.138. The molecule has 2 aromatic carbocycles. The van der Waals surface area contributed by atoms with Gasteiger partial charge in [-0.1, -0.05) is 18.2 Å². The molecule has 1 aliphatic heterocycles. The van der Waals surface area contributed by atoms with Crippen LogP contribution in [0.3, 0.4) is 0 Å². The van der Waals surface area contributed by atoms with Crippen molar-refractivity contribution in [1.82, 2.24) is 9.47 Å². The molecule has 0 saturated heterocycles. The van der Waals surface area contributed by atoms with E-state index in [4.69, 9.17) is 14.2 Å². The van der Waals surface area contributed by atoms with Gasteiger partial charge in [-0.3, -0.25) is 4.90 Å². The van der Waals surface area contributed by atoms with Gasteiger partial charge in [-0.2, -0.15) is 13.2 Å². The molecule has 1 atom stereocenters. The summed E-state index contributed by atoms with van der Waals surface area (Å²) in [5.41, 5.74) is 1.43. The predicted octanol–water partition coefficient (Wildman–Crippen LogP) is 5.53. The molecule has 0 fully saturated rings. The lowest BCUT2D eigenvalue weighted by atomic mass is 9.98. The quantitative estimate of drug-likeness (QED) is 0.485. The molecule has 0 spiro atoms. The normalized spacial score (nSPS) is 16.7. The molecule has 0 N–H and O–H groups in total. The topological polar surface area (TPSA) is 35.9 Å². The Kier molecular flexibility index (Phi) is 6.56. The molecule has 4 rings (SSSR count). The van der Waals surface area contributed by atoms with Crippen molar-refractivity contribution in [2.75, 3.05) is 27.9 Å². The summed E-state index contributed by atoms with van der Waals surface area (Å²) in [6.07, 6.45) is -1.61. The zero-order valence-electron chi connectivity index (χ0n) is 18.9. The molecular formula is C25H27F3N2O3. The van der Waals surface area contributed by atoms with Gasteiger partial charge in [0.1, 0.15) is 0 Å². The standard InChI is InChI=1S/C25H27F3N2O3/c1-31-21-12-11-18(23(32-2)24(21)33-3)22-20-10-6-13-29(20)14-7-15-30(22)16-17-8-4-5-9-19(17)25(26,27)28/h4-6,8-13,22H,7,14-16H2,1-3H3/t22-/m0/s1. The van der Waals surface area contributed by atoms with Crippen molar-refractivity contribution in [3.05, 3.63) is 77.1 Å². The number of halogens is 3. The number of rotatable bonds is 6. The predicted molar refractivity (Wildman–Crippen MR) is 119 cm³/mol. The van der Waals surface area contributed by atoms with E-state index < -0.39 is 11.7 Å². The number of hydrogen-bond donors (Lipinski definition) is 0. The van der Waals surface area contributed by atoms with Gasteiger partial charge in [-0.15, -0.1) is 0 Å². The Morgan fingerprint density at radius 2 is 1.64 bits per heavy atom. The second-order valence-corrected chi connectivity index (χ2v) is 7.93. The summed E-state index contributed by atoms with van der Waals surface area (Å²) in [6.45, 7) is 1.55. The van der Waals surface area contributed by atoms with E-state index >= 15 is 0 Å². The van der Waals surface area contributed by atoms with Gasteiger partial charge in [0, 0.05) is 37.1 Å². The van der Waals surface area contributed by atoms with E-state index in [1.165, 1.54) is 13.2 Å². The third-order valence-corrected chi connectivity index (χ3v) is 6.08. The van der Waals surface area contributed by atoms with Crippen LogP contribution in [0.1, 0.15) is 34.8 Å². The largest absolute Gasteiger partial charge is 0.493 e. The number of alkyl halides is 3. The SMILES string of the molecule is COc1ccc([C@H]2c3cccn3CCCN2Cc2ccccc2C(F)(F)F)c(OC)c1OC. The summed E-state index contributed by atoms with van der Waals surface area (Å²) < 4.78 is 60.1. The molecule has 176 valence electrons. The van der Waals surface area contributed by atoms with Gasteiger partial charge in [-0.05, 0) is 42.3 Å². The van der Waals surface area contributed by atoms with Crippen LogP contribution in [0.2, 0.25) is 0 Å². The van der Waals surface area contributed by atoms with Gasteiger partial charge in [0.15, 0.2) is 11.5 Å². The molecule has 1 aromatic heterocycles. The lowest BCUT2D eigenvalue weighted by Gasteiger charge is -2.32. The third-order valence-electron chi connectivity index (χ3n) is 6.08. The van der Waals surface area contributed by atoms with Crippen LogP contribution in [0.4, 0.5) is 13.2 Å². The number of aromatic nitrogens is 1. The molecule has 3 aromatic rings. The fourth-order valence-corrected chi connectivity index (χ4v) is 4.66. The van der Waals surface area contributed by atoms with Gasteiger partial charge in [-0.25, -0.2) is 0 Å². The third kappa shape index (κ3) is 4.39. The minimum Gasteiger partial charge on any atom is -0.493 e. The molecule has 2 heterocycles. The first-order valence-corrected chi connectivity index (χ1v) is 10.7. The Balaban J connectivity index is 1.86. The highest BCUT2D eigenvalue weighted by molar-refractivity contribution is 5.58. The first-order valence-electron chi connectivity index (χ1n) is 10.7. The van der Waals surface area contributed by atoms with Crippen molar-refractivity contribution < 1.29 is 27.4 Å². The molecule has 0 aliphatic carbocycles. The van der Waals surface area contributed by atoms with Gasteiger partial charge in [0.05, 0.1) is 32.9 Å². The summed E-state index contributed by atoms with van der Waals surface area (Å²) in [5.74, 6) is 1.48. The highest BCUT2D eigenvalue weighted by Gasteiger charge is 2.36. The molecule has 5 nitrogen and oxygen atoms in total. The van der Waals surface area contributed by atoms with E-state index in [1.807, 2.05) is 24.4 Å². The van der Waals surface area contributed by atoms with Crippen LogP contribution >= 0.6 is 0 Å². The lowest BCUT2D eigenvalue weighted by Crippen LogP contribution is -2.30.